The summed E-state index contributed by atoms with van der Waals surface area (Å²) < 4.78 is 6.28. The molecule has 6 nitrogen and oxygen atoms in total. The van der Waals surface area contributed by atoms with Crippen LogP contribution in [0, 0.1) is 0 Å². The van der Waals surface area contributed by atoms with Gasteiger partial charge in [0.2, 0.25) is 5.82 Å². The van der Waals surface area contributed by atoms with Crippen molar-refractivity contribution in [2.45, 2.75) is 19.9 Å². The average Bonchev–Trinajstić information content (AvgIpc) is 2.46. The standard InChI is InChI=1S/C7H11N3O3/c1-4(2)10-5(6(11)12)8-9-7(10)13-3/h4H,1-3H3,(H,11,12). The second-order valence-electron chi connectivity index (χ2n) is 2.78. The minimum absolute atomic E-state index is 0.0453. The zero-order valence-corrected chi connectivity index (χ0v) is 7.68. The Morgan fingerprint density at radius 1 is 1.54 bits per heavy atom. The molecule has 6 heteroatoms. The first-order chi connectivity index (χ1) is 6.07. The molecular weight excluding hydrogens is 174 g/mol. The van der Waals surface area contributed by atoms with Gasteiger partial charge in [-0.3, -0.25) is 4.57 Å². The fourth-order valence-electron chi connectivity index (χ4n) is 1.03. The first kappa shape index (κ1) is 9.50. The highest BCUT2D eigenvalue weighted by Gasteiger charge is 2.19. The zero-order valence-electron chi connectivity index (χ0n) is 7.68. The van der Waals surface area contributed by atoms with Crippen molar-refractivity contribution in [3.63, 3.8) is 0 Å². The summed E-state index contributed by atoms with van der Waals surface area (Å²) in [6.45, 7) is 3.66. The maximum absolute atomic E-state index is 10.7. The first-order valence-electron chi connectivity index (χ1n) is 3.80. The molecule has 0 radical (unpaired) electrons. The van der Waals surface area contributed by atoms with E-state index in [4.69, 9.17) is 9.84 Å². The molecule has 13 heavy (non-hydrogen) atoms. The van der Waals surface area contributed by atoms with Crippen LogP contribution in [0.3, 0.4) is 0 Å². The number of hydrogen-bond acceptors (Lipinski definition) is 4. The van der Waals surface area contributed by atoms with Crippen molar-refractivity contribution >= 4 is 5.97 Å². The van der Waals surface area contributed by atoms with Crippen molar-refractivity contribution in [2.75, 3.05) is 7.11 Å². The van der Waals surface area contributed by atoms with Crippen LogP contribution in [-0.4, -0.2) is 33.0 Å². The van der Waals surface area contributed by atoms with Crippen LogP contribution in [0.2, 0.25) is 0 Å². The van der Waals surface area contributed by atoms with Gasteiger partial charge in [0.1, 0.15) is 0 Å². The summed E-state index contributed by atoms with van der Waals surface area (Å²) in [4.78, 5) is 10.7. The molecule has 0 atom stereocenters. The molecule has 0 aliphatic heterocycles. The summed E-state index contributed by atoms with van der Waals surface area (Å²) in [5.41, 5.74) is 0. The molecule has 1 N–H and O–H groups in total. The van der Waals surface area contributed by atoms with Crippen LogP contribution in [-0.2, 0) is 0 Å². The fraction of sp³-hybridized carbons (Fsp3) is 0.571. The van der Waals surface area contributed by atoms with E-state index in [1.165, 1.54) is 11.7 Å². The maximum atomic E-state index is 10.7. The van der Waals surface area contributed by atoms with E-state index in [9.17, 15) is 4.79 Å². The Morgan fingerprint density at radius 3 is 2.54 bits per heavy atom. The summed E-state index contributed by atoms with van der Waals surface area (Å²) in [5, 5.41) is 15.8. The number of aromatic carboxylic acids is 1. The van der Waals surface area contributed by atoms with Gasteiger partial charge in [-0.2, -0.15) is 0 Å². The summed E-state index contributed by atoms with van der Waals surface area (Å²) in [7, 11) is 1.43. The van der Waals surface area contributed by atoms with Crippen molar-refractivity contribution in [3.05, 3.63) is 5.82 Å². The Labute approximate surface area is 75.2 Å². The van der Waals surface area contributed by atoms with Gasteiger partial charge in [-0.1, -0.05) is 5.10 Å². The van der Waals surface area contributed by atoms with E-state index in [1.54, 1.807) is 0 Å². The van der Waals surface area contributed by atoms with Gasteiger partial charge in [-0.25, -0.2) is 4.79 Å². The highest BCUT2D eigenvalue weighted by atomic mass is 16.5. The Hall–Kier alpha value is -1.59. The summed E-state index contributed by atoms with van der Waals surface area (Å²) in [5.74, 6) is -1.21. The molecule has 0 saturated heterocycles. The fourth-order valence-corrected chi connectivity index (χ4v) is 1.03. The molecule has 0 aliphatic carbocycles. The van der Waals surface area contributed by atoms with Gasteiger partial charge in [0, 0.05) is 6.04 Å². The Bertz CT molecular complexity index is 319. The van der Waals surface area contributed by atoms with E-state index >= 15 is 0 Å². The van der Waals surface area contributed by atoms with Crippen LogP contribution < -0.4 is 4.74 Å². The largest absolute Gasteiger partial charge is 0.475 e. The molecule has 0 aliphatic rings. The number of methoxy groups -OCH3 is 1. The third-order valence-corrected chi connectivity index (χ3v) is 1.55. The number of ether oxygens (including phenoxy) is 1. The molecule has 0 bridgehead atoms. The van der Waals surface area contributed by atoms with Crippen LogP contribution in [0.15, 0.2) is 0 Å². The van der Waals surface area contributed by atoms with E-state index in [1.807, 2.05) is 13.8 Å². The Balaban J connectivity index is 3.22. The van der Waals surface area contributed by atoms with Crippen LogP contribution in [0.4, 0.5) is 0 Å². The normalized spacial score (nSPS) is 10.5. The van der Waals surface area contributed by atoms with Gasteiger partial charge >= 0.3 is 12.0 Å². The molecule has 1 aromatic heterocycles. The zero-order chi connectivity index (χ0) is 10.0. The average molecular weight is 185 g/mol. The maximum Gasteiger partial charge on any atom is 0.374 e. The van der Waals surface area contributed by atoms with Gasteiger partial charge in [-0.05, 0) is 13.8 Å². The monoisotopic (exact) mass is 185 g/mol. The number of carboxylic acid groups (broad SMARTS) is 1. The second kappa shape index (κ2) is 3.42. The van der Waals surface area contributed by atoms with Crippen molar-refractivity contribution < 1.29 is 14.6 Å². The predicted octanol–water partition coefficient (Wildman–Crippen LogP) is 0.566. The van der Waals surface area contributed by atoms with Crippen LogP contribution >= 0.6 is 0 Å². The lowest BCUT2D eigenvalue weighted by Crippen LogP contribution is -2.12. The number of carboxylic acids is 1. The summed E-state index contributed by atoms with van der Waals surface area (Å²) >= 11 is 0. The van der Waals surface area contributed by atoms with E-state index in [-0.39, 0.29) is 17.9 Å². The topological polar surface area (TPSA) is 77.2 Å². The van der Waals surface area contributed by atoms with Crippen molar-refractivity contribution in [1.29, 1.82) is 0 Å². The molecular formula is C7H11N3O3. The van der Waals surface area contributed by atoms with Crippen LogP contribution in [0.1, 0.15) is 30.5 Å². The second-order valence-corrected chi connectivity index (χ2v) is 2.78. The molecule has 0 fully saturated rings. The molecule has 72 valence electrons. The summed E-state index contributed by atoms with van der Waals surface area (Å²) in [6, 6.07) is 0.170. The minimum Gasteiger partial charge on any atom is -0.475 e. The SMILES string of the molecule is COc1nnc(C(=O)O)n1C(C)C. The smallest absolute Gasteiger partial charge is 0.374 e. The number of hydrogen-bond donors (Lipinski definition) is 1. The molecule has 0 spiro atoms. The van der Waals surface area contributed by atoms with Gasteiger partial charge in [0.15, 0.2) is 0 Å². The first-order valence-corrected chi connectivity index (χ1v) is 3.80. The lowest BCUT2D eigenvalue weighted by atomic mass is 10.4. The summed E-state index contributed by atoms with van der Waals surface area (Å²) in [6.07, 6.45) is 0. The Kier molecular flexibility index (Phi) is 2.50. The Morgan fingerprint density at radius 2 is 2.15 bits per heavy atom. The molecule has 0 aromatic carbocycles. The number of rotatable bonds is 3. The van der Waals surface area contributed by atoms with Crippen LogP contribution in [0.5, 0.6) is 6.01 Å². The van der Waals surface area contributed by atoms with Crippen molar-refractivity contribution in [3.8, 4) is 6.01 Å². The van der Waals surface area contributed by atoms with Gasteiger partial charge in [0.05, 0.1) is 7.11 Å². The van der Waals surface area contributed by atoms with Crippen molar-refractivity contribution in [1.82, 2.24) is 14.8 Å². The molecule has 1 rings (SSSR count). The minimum atomic E-state index is -1.11. The van der Waals surface area contributed by atoms with Gasteiger partial charge < -0.3 is 9.84 Å². The van der Waals surface area contributed by atoms with Gasteiger partial charge in [-0.15, -0.1) is 5.10 Å². The third kappa shape index (κ3) is 1.61. The highest BCUT2D eigenvalue weighted by molar-refractivity contribution is 5.83. The molecule has 0 unspecified atom stereocenters. The molecule has 0 saturated carbocycles. The molecule has 1 heterocycles. The quantitative estimate of drug-likeness (QED) is 0.744. The molecule has 1 aromatic rings. The lowest BCUT2D eigenvalue weighted by molar-refractivity contribution is 0.0674. The highest BCUT2D eigenvalue weighted by Crippen LogP contribution is 2.16. The third-order valence-electron chi connectivity index (χ3n) is 1.55. The predicted molar refractivity (Wildman–Crippen MR) is 43.9 cm³/mol. The van der Waals surface area contributed by atoms with Crippen molar-refractivity contribution in [2.24, 2.45) is 0 Å². The number of carbonyl (C=O) groups is 1. The van der Waals surface area contributed by atoms with E-state index in [2.05, 4.69) is 10.2 Å². The lowest BCUT2D eigenvalue weighted by Gasteiger charge is -2.09. The van der Waals surface area contributed by atoms with E-state index in [0.717, 1.165) is 0 Å². The number of nitrogens with zero attached hydrogens (tertiary/aromatic N) is 3. The van der Waals surface area contributed by atoms with E-state index < -0.39 is 5.97 Å². The van der Waals surface area contributed by atoms with E-state index in [0.29, 0.717) is 0 Å². The number of aromatic nitrogens is 3. The molecule has 0 amide bonds. The van der Waals surface area contributed by atoms with Crippen LogP contribution in [0.25, 0.3) is 0 Å². The van der Waals surface area contributed by atoms with Gasteiger partial charge in [0.25, 0.3) is 0 Å².